The first-order chi connectivity index (χ1) is 5.75. The van der Waals surface area contributed by atoms with E-state index in [9.17, 15) is 0 Å². The Labute approximate surface area is 76.8 Å². The first-order valence-electron chi connectivity index (χ1n) is 3.61. The summed E-state index contributed by atoms with van der Waals surface area (Å²) in [5, 5.41) is 12.0. The first kappa shape index (κ1) is 8.89. The van der Waals surface area contributed by atoms with E-state index in [-0.39, 0.29) is 0 Å². The average molecular weight is 181 g/mol. The van der Waals surface area contributed by atoms with Crippen LogP contribution in [0.25, 0.3) is 0 Å². The molecule has 0 fully saturated rings. The zero-order valence-electron chi connectivity index (χ0n) is 6.76. The third-order valence-corrected chi connectivity index (χ3v) is 2.04. The molecule has 0 atom stereocenters. The van der Waals surface area contributed by atoms with Gasteiger partial charge < -0.3 is 5.32 Å². The van der Waals surface area contributed by atoms with E-state index in [1.54, 1.807) is 0 Å². The summed E-state index contributed by atoms with van der Waals surface area (Å²) >= 11 is 5.87. The molecule has 0 aliphatic heterocycles. The molecule has 2 nitrogen and oxygen atoms in total. The predicted molar refractivity (Wildman–Crippen MR) is 50.3 cm³/mol. The highest BCUT2D eigenvalue weighted by molar-refractivity contribution is 6.31. The van der Waals surface area contributed by atoms with Crippen molar-refractivity contribution < 1.29 is 0 Å². The van der Waals surface area contributed by atoms with Gasteiger partial charge in [-0.2, -0.15) is 5.26 Å². The van der Waals surface area contributed by atoms with Gasteiger partial charge in [0.15, 0.2) is 0 Å². The lowest BCUT2D eigenvalue weighted by atomic mass is 10.2. The molecule has 1 rings (SSSR count). The van der Waals surface area contributed by atoms with Crippen LogP contribution in [0.15, 0.2) is 18.2 Å². The Morgan fingerprint density at radius 1 is 1.58 bits per heavy atom. The van der Waals surface area contributed by atoms with Crippen LogP contribution >= 0.6 is 11.6 Å². The Morgan fingerprint density at radius 2 is 2.33 bits per heavy atom. The molecule has 0 aliphatic carbocycles. The number of anilines is 1. The summed E-state index contributed by atoms with van der Waals surface area (Å²) in [6.07, 6.45) is 0. The van der Waals surface area contributed by atoms with Crippen molar-refractivity contribution in [1.82, 2.24) is 0 Å². The van der Waals surface area contributed by atoms with E-state index in [0.29, 0.717) is 6.54 Å². The van der Waals surface area contributed by atoms with Crippen molar-refractivity contribution in [3.8, 4) is 6.07 Å². The van der Waals surface area contributed by atoms with E-state index in [2.05, 4.69) is 5.32 Å². The van der Waals surface area contributed by atoms with E-state index >= 15 is 0 Å². The van der Waals surface area contributed by atoms with Crippen LogP contribution in [0.5, 0.6) is 0 Å². The number of nitrogens with one attached hydrogen (secondary N) is 1. The highest BCUT2D eigenvalue weighted by atomic mass is 35.5. The van der Waals surface area contributed by atoms with E-state index in [4.69, 9.17) is 16.9 Å². The van der Waals surface area contributed by atoms with Gasteiger partial charge in [-0.15, -0.1) is 0 Å². The number of hydrogen-bond donors (Lipinski definition) is 1. The zero-order chi connectivity index (χ0) is 8.97. The number of nitrogens with zero attached hydrogens (tertiary/aromatic N) is 1. The van der Waals surface area contributed by atoms with Gasteiger partial charge in [-0.3, -0.25) is 0 Å². The second-order valence-corrected chi connectivity index (χ2v) is 2.83. The lowest BCUT2D eigenvalue weighted by molar-refractivity contribution is 1.29. The van der Waals surface area contributed by atoms with Gasteiger partial charge in [0.05, 0.1) is 6.07 Å². The molecule has 0 bridgehead atoms. The van der Waals surface area contributed by atoms with E-state index in [1.165, 1.54) is 0 Å². The second-order valence-electron chi connectivity index (χ2n) is 2.42. The Morgan fingerprint density at radius 3 is 3.00 bits per heavy atom. The molecule has 0 amide bonds. The number of benzene rings is 1. The van der Waals surface area contributed by atoms with Crippen LogP contribution in [-0.4, -0.2) is 6.54 Å². The maximum absolute atomic E-state index is 8.34. The minimum absolute atomic E-state index is 0.307. The molecule has 0 radical (unpaired) electrons. The van der Waals surface area contributed by atoms with Crippen LogP contribution < -0.4 is 5.32 Å². The smallest absolute Gasteiger partial charge is 0.103 e. The minimum Gasteiger partial charge on any atom is -0.372 e. The van der Waals surface area contributed by atoms with Crippen LogP contribution in [0.4, 0.5) is 5.69 Å². The van der Waals surface area contributed by atoms with Crippen LogP contribution in [0, 0.1) is 18.3 Å². The predicted octanol–water partition coefficient (Wildman–Crippen LogP) is 2.58. The van der Waals surface area contributed by atoms with Gasteiger partial charge in [0.1, 0.15) is 6.54 Å². The Hall–Kier alpha value is -1.20. The molecule has 0 saturated carbocycles. The summed E-state index contributed by atoms with van der Waals surface area (Å²) in [4.78, 5) is 0. The fraction of sp³-hybridized carbons (Fsp3) is 0.222. The molecule has 12 heavy (non-hydrogen) atoms. The van der Waals surface area contributed by atoms with E-state index < -0.39 is 0 Å². The summed E-state index contributed by atoms with van der Waals surface area (Å²) in [6.45, 7) is 2.23. The molecule has 0 aromatic heterocycles. The van der Waals surface area contributed by atoms with Crippen molar-refractivity contribution in [3.63, 3.8) is 0 Å². The van der Waals surface area contributed by atoms with Crippen molar-refractivity contribution in [2.24, 2.45) is 0 Å². The quantitative estimate of drug-likeness (QED) is 0.711. The van der Waals surface area contributed by atoms with Gasteiger partial charge in [-0.1, -0.05) is 17.7 Å². The monoisotopic (exact) mass is 180 g/mol. The number of halogens is 1. The molecule has 0 heterocycles. The number of rotatable bonds is 2. The minimum atomic E-state index is 0.307. The number of hydrogen-bond acceptors (Lipinski definition) is 2. The third-order valence-electron chi connectivity index (χ3n) is 1.63. The standard InChI is InChI=1S/C9H9ClN2/c1-7-8(10)3-2-4-9(7)12-6-5-11/h2-4,12H,6H2,1H3. The fourth-order valence-corrected chi connectivity index (χ4v) is 1.11. The van der Waals surface area contributed by atoms with Gasteiger partial charge in [-0.25, -0.2) is 0 Å². The van der Waals surface area contributed by atoms with Crippen LogP contribution in [0.3, 0.4) is 0 Å². The van der Waals surface area contributed by atoms with E-state index in [0.717, 1.165) is 16.3 Å². The lowest BCUT2D eigenvalue weighted by Crippen LogP contribution is -1.99. The van der Waals surface area contributed by atoms with E-state index in [1.807, 2.05) is 31.2 Å². The molecule has 1 N–H and O–H groups in total. The van der Waals surface area contributed by atoms with Crippen LogP contribution in [0.1, 0.15) is 5.56 Å². The SMILES string of the molecule is Cc1c(Cl)cccc1NCC#N. The van der Waals surface area contributed by atoms with Crippen LogP contribution in [0.2, 0.25) is 5.02 Å². The zero-order valence-corrected chi connectivity index (χ0v) is 7.52. The Bertz CT molecular complexity index is 315. The summed E-state index contributed by atoms with van der Waals surface area (Å²) in [5.41, 5.74) is 1.90. The van der Waals surface area contributed by atoms with Gasteiger partial charge in [-0.05, 0) is 24.6 Å². The van der Waals surface area contributed by atoms with Gasteiger partial charge >= 0.3 is 0 Å². The largest absolute Gasteiger partial charge is 0.372 e. The third kappa shape index (κ3) is 1.90. The average Bonchev–Trinajstić information content (AvgIpc) is 2.08. The summed E-state index contributed by atoms with van der Waals surface area (Å²) in [6, 6.07) is 7.59. The fourth-order valence-electron chi connectivity index (χ4n) is 0.934. The normalized spacial score (nSPS) is 9.08. The summed E-state index contributed by atoms with van der Waals surface area (Å²) in [7, 11) is 0. The summed E-state index contributed by atoms with van der Waals surface area (Å²) in [5.74, 6) is 0. The van der Waals surface area contributed by atoms with Crippen molar-refractivity contribution in [2.75, 3.05) is 11.9 Å². The topological polar surface area (TPSA) is 35.8 Å². The molecule has 3 heteroatoms. The Balaban J connectivity index is 2.86. The number of nitriles is 1. The van der Waals surface area contributed by atoms with Crippen molar-refractivity contribution in [2.45, 2.75) is 6.92 Å². The second kappa shape index (κ2) is 3.99. The molecule has 62 valence electrons. The highest BCUT2D eigenvalue weighted by Crippen LogP contribution is 2.22. The molecule has 0 unspecified atom stereocenters. The maximum Gasteiger partial charge on any atom is 0.103 e. The molecule has 1 aromatic rings. The molecular weight excluding hydrogens is 172 g/mol. The lowest BCUT2D eigenvalue weighted by Gasteiger charge is -2.06. The van der Waals surface area contributed by atoms with Crippen LogP contribution in [-0.2, 0) is 0 Å². The first-order valence-corrected chi connectivity index (χ1v) is 3.99. The highest BCUT2D eigenvalue weighted by Gasteiger charge is 1.99. The molecule has 0 spiro atoms. The maximum atomic E-state index is 8.34. The van der Waals surface area contributed by atoms with Gasteiger partial charge in [0, 0.05) is 10.7 Å². The molecule has 0 saturated heterocycles. The van der Waals surface area contributed by atoms with Crippen molar-refractivity contribution >= 4 is 17.3 Å². The van der Waals surface area contributed by atoms with Crippen molar-refractivity contribution in [1.29, 1.82) is 5.26 Å². The molecule has 0 aliphatic rings. The van der Waals surface area contributed by atoms with Gasteiger partial charge in [0.2, 0.25) is 0 Å². The molecule has 1 aromatic carbocycles. The van der Waals surface area contributed by atoms with Gasteiger partial charge in [0.25, 0.3) is 0 Å². The summed E-state index contributed by atoms with van der Waals surface area (Å²) < 4.78 is 0. The molecular formula is C9H9ClN2. The Kier molecular flexibility index (Phi) is 2.95. The van der Waals surface area contributed by atoms with Crippen molar-refractivity contribution in [3.05, 3.63) is 28.8 Å².